The molecule has 0 bridgehead atoms. The van der Waals surface area contributed by atoms with Gasteiger partial charge < -0.3 is 4.74 Å². The molecule has 3 aromatic rings. The van der Waals surface area contributed by atoms with Gasteiger partial charge in [0.25, 0.3) is 0 Å². The van der Waals surface area contributed by atoms with Gasteiger partial charge in [0.05, 0.1) is 23.1 Å². The van der Waals surface area contributed by atoms with Gasteiger partial charge >= 0.3 is 5.97 Å². The van der Waals surface area contributed by atoms with Crippen LogP contribution in [0.2, 0.25) is 5.02 Å². The minimum Gasteiger partial charge on any atom is -0.445 e. The van der Waals surface area contributed by atoms with Crippen LogP contribution in [-0.2, 0) is 14.3 Å². The van der Waals surface area contributed by atoms with Gasteiger partial charge in [0.2, 0.25) is 17.6 Å². The Kier molecular flexibility index (Phi) is 6.53. The van der Waals surface area contributed by atoms with Gasteiger partial charge in [-0.05, 0) is 43.2 Å². The molecule has 3 aromatic carbocycles. The summed E-state index contributed by atoms with van der Waals surface area (Å²) in [5.74, 6) is -2.42. The van der Waals surface area contributed by atoms with Gasteiger partial charge in [-0.25, -0.2) is 4.79 Å². The molecule has 0 aromatic heterocycles. The van der Waals surface area contributed by atoms with Crippen LogP contribution in [0.5, 0.6) is 0 Å². The topological polar surface area (TPSA) is 80.8 Å². The first-order valence-electron chi connectivity index (χ1n) is 11.6. The normalized spacial score (nSPS) is 19.6. The van der Waals surface area contributed by atoms with E-state index in [4.69, 9.17) is 16.3 Å². The fourth-order valence-corrected chi connectivity index (χ4v) is 4.79. The van der Waals surface area contributed by atoms with E-state index in [2.05, 4.69) is 0 Å². The maximum atomic E-state index is 13.3. The fraction of sp³-hybridized carbons (Fsp3) is 0.172. The van der Waals surface area contributed by atoms with E-state index in [-0.39, 0.29) is 35.0 Å². The van der Waals surface area contributed by atoms with E-state index in [1.807, 2.05) is 12.2 Å². The minimum absolute atomic E-state index is 0.126. The third kappa shape index (κ3) is 4.48. The number of esters is 1. The molecule has 7 heteroatoms. The minimum atomic E-state index is -1.20. The summed E-state index contributed by atoms with van der Waals surface area (Å²) >= 11 is 6.01. The molecular formula is C29H22ClNO5. The quantitative estimate of drug-likeness (QED) is 0.191. The number of anilines is 1. The van der Waals surface area contributed by atoms with E-state index >= 15 is 0 Å². The number of carbonyl (C=O) groups is 4. The maximum Gasteiger partial charge on any atom is 0.339 e. The predicted molar refractivity (Wildman–Crippen MR) is 135 cm³/mol. The van der Waals surface area contributed by atoms with Gasteiger partial charge in [0.15, 0.2) is 6.10 Å². The second-order valence-electron chi connectivity index (χ2n) is 8.79. The number of nitrogens with zero attached hydrogens (tertiary/aromatic N) is 1. The van der Waals surface area contributed by atoms with Crippen molar-refractivity contribution in [3.05, 3.63) is 113 Å². The maximum absolute atomic E-state index is 13.3. The molecule has 3 atom stereocenters. The number of hydrogen-bond acceptors (Lipinski definition) is 5. The molecule has 1 heterocycles. The average Bonchev–Trinajstić information content (AvgIpc) is 3.17. The number of ether oxygens (including phenoxy) is 1. The van der Waals surface area contributed by atoms with E-state index in [1.165, 1.54) is 12.1 Å². The first-order chi connectivity index (χ1) is 17.4. The Bertz CT molecular complexity index is 1340. The number of carbonyl (C=O) groups excluding carboxylic acids is 4. The lowest BCUT2D eigenvalue weighted by Gasteiger charge is -2.19. The van der Waals surface area contributed by atoms with Crippen LogP contribution in [0.25, 0.3) is 0 Å². The molecule has 1 aliphatic heterocycles. The van der Waals surface area contributed by atoms with Crippen molar-refractivity contribution in [1.29, 1.82) is 0 Å². The number of benzene rings is 3. The van der Waals surface area contributed by atoms with Gasteiger partial charge in [-0.2, -0.15) is 0 Å². The lowest BCUT2D eigenvalue weighted by Crippen LogP contribution is -2.31. The third-order valence-corrected chi connectivity index (χ3v) is 6.79. The molecule has 0 unspecified atom stereocenters. The Morgan fingerprint density at radius 3 is 2.06 bits per heavy atom. The molecule has 1 aliphatic carbocycles. The molecule has 36 heavy (non-hydrogen) atoms. The molecule has 0 saturated carbocycles. The molecule has 2 amide bonds. The zero-order valence-electron chi connectivity index (χ0n) is 19.2. The van der Waals surface area contributed by atoms with Crippen LogP contribution in [0.15, 0.2) is 91.0 Å². The van der Waals surface area contributed by atoms with Gasteiger partial charge in [0, 0.05) is 16.1 Å². The number of rotatable bonds is 6. The number of fused-ring (bicyclic) bond motifs is 1. The van der Waals surface area contributed by atoms with Gasteiger partial charge in [0.1, 0.15) is 0 Å². The lowest BCUT2D eigenvalue weighted by molar-refractivity contribution is -0.122. The summed E-state index contributed by atoms with van der Waals surface area (Å²) in [6.07, 6.45) is 3.69. The monoisotopic (exact) mass is 499 g/mol. The van der Waals surface area contributed by atoms with Crippen molar-refractivity contribution in [2.24, 2.45) is 11.8 Å². The van der Waals surface area contributed by atoms with E-state index in [0.717, 1.165) is 4.90 Å². The summed E-state index contributed by atoms with van der Waals surface area (Å²) in [7, 11) is 0. The molecule has 0 radical (unpaired) electrons. The van der Waals surface area contributed by atoms with E-state index in [0.29, 0.717) is 34.7 Å². The molecule has 0 N–H and O–H groups in total. The first-order valence-corrected chi connectivity index (χ1v) is 12.0. The number of imide groups is 1. The number of amides is 2. The van der Waals surface area contributed by atoms with Crippen molar-refractivity contribution in [3.8, 4) is 0 Å². The zero-order chi connectivity index (χ0) is 25.2. The van der Waals surface area contributed by atoms with E-state index < -0.39 is 12.1 Å². The highest BCUT2D eigenvalue weighted by Gasteiger charge is 2.47. The lowest BCUT2D eigenvalue weighted by atomic mass is 9.85. The van der Waals surface area contributed by atoms with Crippen molar-refractivity contribution in [2.75, 3.05) is 4.90 Å². The summed E-state index contributed by atoms with van der Waals surface area (Å²) in [6.45, 7) is 0. The zero-order valence-corrected chi connectivity index (χ0v) is 19.9. The Hall–Kier alpha value is -4.03. The van der Waals surface area contributed by atoms with Crippen LogP contribution in [0, 0.1) is 11.8 Å². The fourth-order valence-electron chi connectivity index (χ4n) is 4.67. The predicted octanol–water partition coefficient (Wildman–Crippen LogP) is 5.58. The molecule has 1 fully saturated rings. The van der Waals surface area contributed by atoms with Crippen LogP contribution in [0.3, 0.4) is 0 Å². The smallest absolute Gasteiger partial charge is 0.339 e. The van der Waals surface area contributed by atoms with Crippen LogP contribution in [0.4, 0.5) is 5.69 Å². The van der Waals surface area contributed by atoms with E-state index in [9.17, 15) is 19.2 Å². The Labute approximate surface area is 213 Å². The summed E-state index contributed by atoms with van der Waals surface area (Å²) in [4.78, 5) is 53.6. The summed E-state index contributed by atoms with van der Waals surface area (Å²) in [5.41, 5.74) is 1.30. The molecule has 0 spiro atoms. The van der Waals surface area contributed by atoms with Crippen LogP contribution >= 0.6 is 11.6 Å². The first kappa shape index (κ1) is 23.7. The highest BCUT2D eigenvalue weighted by atomic mass is 35.5. The highest BCUT2D eigenvalue weighted by Crippen LogP contribution is 2.38. The van der Waals surface area contributed by atoms with Crippen LogP contribution in [0.1, 0.15) is 45.2 Å². The standard InChI is InChI=1S/C29H22ClNO5/c30-21-15-13-19(14-16-21)26(25(32)18-7-2-1-3-8-18)36-29(35)20-9-6-10-22(17-20)31-27(33)23-11-4-5-12-24(23)28(31)34/h1-10,13-17,23-24,26H,11-12H2/t23-,24-,26+/m1/s1. The second kappa shape index (κ2) is 9.91. The van der Waals surface area contributed by atoms with Gasteiger partial charge in [-0.15, -0.1) is 0 Å². The van der Waals surface area contributed by atoms with Crippen molar-refractivity contribution in [3.63, 3.8) is 0 Å². The van der Waals surface area contributed by atoms with Gasteiger partial charge in [-0.3, -0.25) is 19.3 Å². The highest BCUT2D eigenvalue weighted by molar-refractivity contribution is 6.30. The number of halogens is 1. The van der Waals surface area contributed by atoms with Crippen molar-refractivity contribution < 1.29 is 23.9 Å². The number of allylic oxidation sites excluding steroid dienone is 2. The molecule has 180 valence electrons. The Morgan fingerprint density at radius 2 is 1.42 bits per heavy atom. The molecular weight excluding hydrogens is 478 g/mol. The molecule has 2 aliphatic rings. The Balaban J connectivity index is 1.42. The SMILES string of the molecule is O=C(O[C@H](C(=O)c1ccccc1)c1ccc(Cl)cc1)c1cccc(N2C(=O)[C@@H]3CC=CC[C@H]3C2=O)c1. The van der Waals surface area contributed by atoms with E-state index in [1.54, 1.807) is 66.7 Å². The Morgan fingerprint density at radius 1 is 0.806 bits per heavy atom. The third-order valence-electron chi connectivity index (χ3n) is 6.54. The number of ketones is 1. The summed E-state index contributed by atoms with van der Waals surface area (Å²) in [5, 5.41) is 0.486. The van der Waals surface area contributed by atoms with Crippen LogP contribution in [-0.4, -0.2) is 23.6 Å². The van der Waals surface area contributed by atoms with Crippen molar-refractivity contribution in [2.45, 2.75) is 18.9 Å². The van der Waals surface area contributed by atoms with Crippen LogP contribution < -0.4 is 4.90 Å². The number of Topliss-reactive ketones (excluding diaryl/α,β-unsaturated/α-hetero) is 1. The summed E-state index contributed by atoms with van der Waals surface area (Å²) < 4.78 is 5.71. The number of hydrogen-bond donors (Lipinski definition) is 0. The van der Waals surface area contributed by atoms with Crippen molar-refractivity contribution in [1.82, 2.24) is 0 Å². The molecule has 6 nitrogen and oxygen atoms in total. The largest absolute Gasteiger partial charge is 0.445 e. The molecule has 5 rings (SSSR count). The van der Waals surface area contributed by atoms with Crippen molar-refractivity contribution >= 4 is 40.9 Å². The molecule has 1 saturated heterocycles. The second-order valence-corrected chi connectivity index (χ2v) is 9.22. The summed E-state index contributed by atoms with van der Waals surface area (Å²) in [6, 6.07) is 21.2. The van der Waals surface area contributed by atoms with Gasteiger partial charge in [-0.1, -0.05) is 72.3 Å². The average molecular weight is 500 g/mol.